The van der Waals surface area contributed by atoms with E-state index in [2.05, 4.69) is 22.9 Å². The molecule has 100 valence electrons. The second kappa shape index (κ2) is 6.04. The lowest BCUT2D eigenvalue weighted by molar-refractivity contribution is 0.0262. The zero-order valence-electron chi connectivity index (χ0n) is 10.9. The molecule has 3 atom stereocenters. The van der Waals surface area contributed by atoms with Gasteiger partial charge < -0.3 is 15.2 Å². The molecule has 1 heterocycles. The lowest BCUT2D eigenvalue weighted by Crippen LogP contribution is -2.19. The van der Waals surface area contributed by atoms with Gasteiger partial charge in [-0.3, -0.25) is 0 Å². The Morgan fingerprint density at radius 1 is 1.50 bits per heavy atom. The van der Waals surface area contributed by atoms with Crippen LogP contribution in [0.4, 0.5) is 0 Å². The molecule has 18 heavy (non-hydrogen) atoms. The molecule has 0 bridgehead atoms. The molecule has 0 amide bonds. The van der Waals surface area contributed by atoms with Crippen molar-refractivity contribution < 1.29 is 9.47 Å². The Morgan fingerprint density at radius 2 is 2.28 bits per heavy atom. The average molecular weight is 314 g/mol. The molecular weight excluding hydrogens is 294 g/mol. The minimum atomic E-state index is -0.0310. The molecule has 2 unspecified atom stereocenters. The maximum atomic E-state index is 5.94. The number of ether oxygens (including phenoxy) is 2. The number of rotatable bonds is 4. The molecule has 1 saturated heterocycles. The molecular formula is C14H20BrNO2. The molecule has 0 saturated carbocycles. The monoisotopic (exact) mass is 313 g/mol. The van der Waals surface area contributed by atoms with E-state index in [1.54, 1.807) is 0 Å². The molecule has 2 N–H and O–H groups in total. The highest BCUT2D eigenvalue weighted by Crippen LogP contribution is 2.29. The van der Waals surface area contributed by atoms with Gasteiger partial charge in [0.2, 0.25) is 0 Å². The van der Waals surface area contributed by atoms with Crippen molar-refractivity contribution in [1.82, 2.24) is 0 Å². The Morgan fingerprint density at radius 3 is 2.89 bits per heavy atom. The van der Waals surface area contributed by atoms with Crippen molar-refractivity contribution >= 4 is 15.9 Å². The van der Waals surface area contributed by atoms with E-state index in [-0.39, 0.29) is 12.1 Å². The Bertz CT molecular complexity index is 409. The quantitative estimate of drug-likeness (QED) is 0.926. The summed E-state index contributed by atoms with van der Waals surface area (Å²) >= 11 is 3.46. The van der Waals surface area contributed by atoms with Gasteiger partial charge in [-0.05, 0) is 38.8 Å². The van der Waals surface area contributed by atoms with E-state index in [9.17, 15) is 0 Å². The van der Waals surface area contributed by atoms with Crippen LogP contribution in [0.5, 0.6) is 5.75 Å². The van der Waals surface area contributed by atoms with Gasteiger partial charge in [-0.25, -0.2) is 0 Å². The number of halogens is 1. The van der Waals surface area contributed by atoms with Crippen molar-refractivity contribution in [2.24, 2.45) is 5.73 Å². The number of hydrogen-bond acceptors (Lipinski definition) is 3. The second-order valence-corrected chi connectivity index (χ2v) is 5.84. The highest BCUT2D eigenvalue weighted by Gasteiger charge is 2.22. The van der Waals surface area contributed by atoms with Crippen LogP contribution in [0.3, 0.4) is 0 Å². The van der Waals surface area contributed by atoms with Gasteiger partial charge in [0.25, 0.3) is 0 Å². The molecule has 0 aliphatic carbocycles. The molecule has 1 aliphatic heterocycles. The van der Waals surface area contributed by atoms with E-state index in [1.165, 1.54) is 0 Å². The summed E-state index contributed by atoms with van der Waals surface area (Å²) in [5.41, 5.74) is 6.98. The van der Waals surface area contributed by atoms with E-state index in [0.717, 1.165) is 28.6 Å². The largest absolute Gasteiger partial charge is 0.490 e. The topological polar surface area (TPSA) is 44.5 Å². The number of benzene rings is 1. The number of nitrogens with two attached hydrogens (primary N) is 1. The van der Waals surface area contributed by atoms with Crippen LogP contribution in [-0.2, 0) is 4.74 Å². The molecule has 0 aromatic heterocycles. The first-order chi connectivity index (χ1) is 8.56. The van der Waals surface area contributed by atoms with Crippen LogP contribution in [0, 0.1) is 0 Å². The van der Waals surface area contributed by atoms with Crippen LogP contribution in [-0.4, -0.2) is 18.8 Å². The van der Waals surface area contributed by atoms with Gasteiger partial charge in [0.1, 0.15) is 12.4 Å². The molecule has 2 rings (SSSR count). The molecule has 1 aromatic carbocycles. The van der Waals surface area contributed by atoms with Crippen molar-refractivity contribution in [3.63, 3.8) is 0 Å². The fourth-order valence-electron chi connectivity index (χ4n) is 2.20. The fraction of sp³-hybridized carbons (Fsp3) is 0.571. The van der Waals surface area contributed by atoms with Crippen molar-refractivity contribution in [3.8, 4) is 5.75 Å². The fourth-order valence-corrected chi connectivity index (χ4v) is 2.54. The van der Waals surface area contributed by atoms with Crippen LogP contribution in [0.15, 0.2) is 22.7 Å². The number of hydrogen-bond donors (Lipinski definition) is 1. The lowest BCUT2D eigenvalue weighted by atomic mass is 10.1. The van der Waals surface area contributed by atoms with E-state index < -0.39 is 0 Å². The highest BCUT2D eigenvalue weighted by molar-refractivity contribution is 9.10. The van der Waals surface area contributed by atoms with Crippen LogP contribution in [0.1, 0.15) is 38.3 Å². The predicted molar refractivity (Wildman–Crippen MR) is 75.8 cm³/mol. The maximum Gasteiger partial charge on any atom is 0.125 e. The van der Waals surface area contributed by atoms with Gasteiger partial charge >= 0.3 is 0 Å². The van der Waals surface area contributed by atoms with Crippen molar-refractivity contribution in [2.75, 3.05) is 6.61 Å². The first kappa shape index (κ1) is 13.8. The normalized spacial score (nSPS) is 25.1. The summed E-state index contributed by atoms with van der Waals surface area (Å²) in [4.78, 5) is 0. The Hall–Kier alpha value is -0.580. The Kier molecular flexibility index (Phi) is 4.65. The van der Waals surface area contributed by atoms with E-state index in [4.69, 9.17) is 15.2 Å². The molecule has 0 spiro atoms. The maximum absolute atomic E-state index is 5.94. The average Bonchev–Trinajstić information content (AvgIpc) is 2.72. The van der Waals surface area contributed by atoms with E-state index in [0.29, 0.717) is 12.7 Å². The molecule has 0 radical (unpaired) electrons. The summed E-state index contributed by atoms with van der Waals surface area (Å²) < 4.78 is 12.6. The summed E-state index contributed by atoms with van der Waals surface area (Å²) in [7, 11) is 0. The zero-order chi connectivity index (χ0) is 13.1. The third kappa shape index (κ3) is 3.46. The van der Waals surface area contributed by atoms with E-state index in [1.807, 2.05) is 25.1 Å². The highest BCUT2D eigenvalue weighted by atomic mass is 79.9. The van der Waals surface area contributed by atoms with Gasteiger partial charge in [0.05, 0.1) is 12.2 Å². The summed E-state index contributed by atoms with van der Waals surface area (Å²) in [5.74, 6) is 0.850. The summed E-state index contributed by atoms with van der Waals surface area (Å²) in [6.45, 7) is 4.66. The molecule has 3 nitrogen and oxygen atoms in total. The summed E-state index contributed by atoms with van der Waals surface area (Å²) in [6, 6.07) is 5.93. The summed E-state index contributed by atoms with van der Waals surface area (Å²) in [5, 5.41) is 0. The van der Waals surface area contributed by atoms with Crippen LogP contribution in [0.2, 0.25) is 0 Å². The van der Waals surface area contributed by atoms with Gasteiger partial charge in [-0.1, -0.05) is 22.0 Å². The van der Waals surface area contributed by atoms with Crippen molar-refractivity contribution in [3.05, 3.63) is 28.2 Å². The first-order valence-corrected chi connectivity index (χ1v) is 7.19. The minimum Gasteiger partial charge on any atom is -0.490 e. The molecule has 4 heteroatoms. The standard InChI is InChI=1S/C14H20BrNO2/c1-9-3-5-12(18-9)8-17-14-7-11(15)4-6-13(14)10(2)16/h4,6-7,9-10,12H,3,5,8,16H2,1-2H3/t9?,10-,12?/m0/s1. The van der Waals surface area contributed by atoms with Gasteiger partial charge in [0.15, 0.2) is 0 Å². The predicted octanol–water partition coefficient (Wildman–Crippen LogP) is 3.42. The minimum absolute atomic E-state index is 0.0310. The smallest absolute Gasteiger partial charge is 0.125 e. The van der Waals surface area contributed by atoms with Crippen LogP contribution < -0.4 is 10.5 Å². The first-order valence-electron chi connectivity index (χ1n) is 6.39. The van der Waals surface area contributed by atoms with Crippen molar-refractivity contribution in [1.29, 1.82) is 0 Å². The lowest BCUT2D eigenvalue weighted by Gasteiger charge is -2.17. The third-order valence-corrected chi connectivity index (χ3v) is 3.70. The van der Waals surface area contributed by atoms with Crippen LogP contribution >= 0.6 is 15.9 Å². The van der Waals surface area contributed by atoms with E-state index >= 15 is 0 Å². The molecule has 1 aromatic rings. The van der Waals surface area contributed by atoms with Gasteiger partial charge in [-0.2, -0.15) is 0 Å². The van der Waals surface area contributed by atoms with Crippen molar-refractivity contribution in [2.45, 2.75) is 44.9 Å². The SMILES string of the molecule is CC1CCC(COc2cc(Br)ccc2[C@H](C)N)O1. The van der Waals surface area contributed by atoms with Crippen LogP contribution in [0.25, 0.3) is 0 Å². The Labute approximate surface area is 117 Å². The third-order valence-electron chi connectivity index (χ3n) is 3.21. The zero-order valence-corrected chi connectivity index (χ0v) is 12.4. The van der Waals surface area contributed by atoms with Gasteiger partial charge in [0, 0.05) is 16.1 Å². The van der Waals surface area contributed by atoms with Gasteiger partial charge in [-0.15, -0.1) is 0 Å². The Balaban J connectivity index is 2.01. The second-order valence-electron chi connectivity index (χ2n) is 4.93. The molecule has 1 aliphatic rings. The summed E-state index contributed by atoms with van der Waals surface area (Å²) in [6.07, 6.45) is 2.75. The molecule has 1 fully saturated rings.